The highest BCUT2D eigenvalue weighted by Crippen LogP contribution is 2.39. The molecule has 1 heterocycles. The van der Waals surface area contributed by atoms with E-state index in [1.165, 1.54) is 67.0 Å². The number of hydrogen-bond donors (Lipinski definition) is 0. The molecule has 42 heavy (non-hydrogen) atoms. The maximum Gasteiger partial charge on any atom is 0.0446 e. The van der Waals surface area contributed by atoms with Gasteiger partial charge in [-0.3, -0.25) is 0 Å². The summed E-state index contributed by atoms with van der Waals surface area (Å²) in [6, 6.07) is 53.2. The van der Waals surface area contributed by atoms with E-state index < -0.39 is 0 Å². The molecule has 0 N–H and O–H groups in total. The quantitative estimate of drug-likeness (QED) is 0.215. The van der Waals surface area contributed by atoms with Gasteiger partial charge in [0, 0.05) is 49.7 Å². The van der Waals surface area contributed by atoms with Crippen LogP contribution in [0.3, 0.4) is 0 Å². The molecule has 0 aromatic heterocycles. The Labute approximate surface area is 249 Å². The van der Waals surface area contributed by atoms with Gasteiger partial charge in [-0.15, -0.1) is 0 Å². The predicted molar refractivity (Wildman–Crippen MR) is 179 cm³/mol. The molecule has 0 fully saturated rings. The molecule has 6 aromatic rings. The minimum absolute atomic E-state index is 0.814. The van der Waals surface area contributed by atoms with Crippen LogP contribution in [0.4, 0.5) is 11.4 Å². The molecule has 2 nitrogen and oxygen atoms in total. The van der Waals surface area contributed by atoms with E-state index >= 15 is 0 Å². The highest BCUT2D eigenvalue weighted by molar-refractivity contribution is 5.86. The zero-order valence-electron chi connectivity index (χ0n) is 24.2. The first-order valence-electron chi connectivity index (χ1n) is 14.6. The van der Waals surface area contributed by atoms with Crippen LogP contribution in [0.15, 0.2) is 146 Å². The highest BCUT2D eigenvalue weighted by Gasteiger charge is 2.17. The largest absolute Gasteiger partial charge is 0.370 e. The molecule has 6 aromatic carbocycles. The lowest BCUT2D eigenvalue weighted by molar-refractivity contribution is 0.918. The molecule has 0 aliphatic carbocycles. The summed E-state index contributed by atoms with van der Waals surface area (Å²) in [5.74, 6) is 0. The molecule has 0 atom stereocenters. The van der Waals surface area contributed by atoms with Crippen LogP contribution in [-0.4, -0.2) is 14.1 Å². The summed E-state index contributed by atoms with van der Waals surface area (Å²) in [6.45, 7) is 1.63. The lowest BCUT2D eigenvalue weighted by atomic mass is 9.94. The van der Waals surface area contributed by atoms with Crippen LogP contribution in [0.2, 0.25) is 0 Å². The summed E-state index contributed by atoms with van der Waals surface area (Å²) in [7, 11) is 4.41. The van der Waals surface area contributed by atoms with Gasteiger partial charge in [0.25, 0.3) is 0 Å². The second-order valence-electron chi connectivity index (χ2n) is 11.3. The van der Waals surface area contributed by atoms with Crippen molar-refractivity contribution >= 4 is 11.4 Å². The van der Waals surface area contributed by atoms with Crippen molar-refractivity contribution in [2.24, 2.45) is 0 Å². The van der Waals surface area contributed by atoms with Crippen LogP contribution >= 0.6 is 0 Å². The van der Waals surface area contributed by atoms with E-state index in [2.05, 4.69) is 169 Å². The van der Waals surface area contributed by atoms with E-state index in [1.807, 2.05) is 0 Å². The van der Waals surface area contributed by atoms with Crippen molar-refractivity contribution in [2.75, 3.05) is 23.9 Å². The van der Waals surface area contributed by atoms with E-state index in [0.29, 0.717) is 0 Å². The molecule has 1 aliphatic rings. The Morgan fingerprint density at radius 2 is 0.762 bits per heavy atom. The normalized spacial score (nSPS) is 12.7. The van der Waals surface area contributed by atoms with Crippen LogP contribution in [0.5, 0.6) is 0 Å². The summed E-state index contributed by atoms with van der Waals surface area (Å²) in [5.41, 5.74) is 15.0. The maximum atomic E-state index is 2.38. The molecule has 0 spiro atoms. The minimum atomic E-state index is 0.814. The Balaban J connectivity index is 1.38. The second-order valence-corrected chi connectivity index (χ2v) is 11.3. The van der Waals surface area contributed by atoms with E-state index in [4.69, 9.17) is 0 Å². The number of fused-ring (bicyclic) bond motifs is 8. The zero-order chi connectivity index (χ0) is 28.5. The smallest absolute Gasteiger partial charge is 0.0446 e. The summed E-state index contributed by atoms with van der Waals surface area (Å²) >= 11 is 0. The molecule has 7 rings (SSSR count). The molecule has 2 heteroatoms. The predicted octanol–water partition coefficient (Wildman–Crippen LogP) is 9.94. The fourth-order valence-corrected chi connectivity index (χ4v) is 6.21. The molecule has 0 radical (unpaired) electrons. The first-order chi connectivity index (χ1) is 20.6. The van der Waals surface area contributed by atoms with E-state index in [0.717, 1.165) is 13.1 Å². The Morgan fingerprint density at radius 1 is 0.357 bits per heavy atom. The Bertz CT molecular complexity index is 1720. The number of hydrogen-bond acceptors (Lipinski definition) is 2. The van der Waals surface area contributed by atoms with Crippen molar-refractivity contribution in [1.29, 1.82) is 0 Å². The van der Waals surface area contributed by atoms with Crippen molar-refractivity contribution in [1.82, 2.24) is 0 Å². The van der Waals surface area contributed by atoms with Gasteiger partial charge in [-0.1, -0.05) is 109 Å². The van der Waals surface area contributed by atoms with Gasteiger partial charge in [0.2, 0.25) is 0 Å². The van der Waals surface area contributed by atoms with Crippen molar-refractivity contribution in [3.05, 3.63) is 157 Å². The van der Waals surface area contributed by atoms with Gasteiger partial charge in [-0.2, -0.15) is 0 Å². The highest BCUT2D eigenvalue weighted by atomic mass is 15.1. The standard InChI is InChI=1S/C40H34N2/c1-41-27-29-11-9-18-36(23-29)38-26-34(32-15-7-4-8-16-32)20-22-40(38)42(2)28-30-12-10-17-35(24-30)37-25-33(19-21-39(37)41)31-13-5-3-6-14-31/h3-26H,27-28H2,1-2H3. The third kappa shape index (κ3) is 5.08. The minimum Gasteiger partial charge on any atom is -0.370 e. The van der Waals surface area contributed by atoms with Crippen LogP contribution in [-0.2, 0) is 13.1 Å². The average molecular weight is 543 g/mol. The van der Waals surface area contributed by atoms with Gasteiger partial charge in [-0.05, 0) is 80.9 Å². The van der Waals surface area contributed by atoms with Gasteiger partial charge in [-0.25, -0.2) is 0 Å². The number of rotatable bonds is 2. The molecular weight excluding hydrogens is 508 g/mol. The Kier molecular flexibility index (Phi) is 6.81. The average Bonchev–Trinajstić information content (AvgIpc) is 3.05. The Morgan fingerprint density at radius 3 is 1.19 bits per heavy atom. The first kappa shape index (κ1) is 25.9. The fraction of sp³-hybridized carbons (Fsp3) is 0.100. The molecule has 0 saturated carbocycles. The van der Waals surface area contributed by atoms with Gasteiger partial charge in [0.05, 0.1) is 0 Å². The van der Waals surface area contributed by atoms with Crippen LogP contribution in [0.25, 0.3) is 44.5 Å². The fourth-order valence-electron chi connectivity index (χ4n) is 6.21. The van der Waals surface area contributed by atoms with E-state index in [9.17, 15) is 0 Å². The van der Waals surface area contributed by atoms with Gasteiger partial charge in [0.15, 0.2) is 0 Å². The molecule has 0 amide bonds. The SMILES string of the molecule is CN1Cc2cccc(c2)-c2cc(-c3ccccc3)ccc2N(C)Cc2cccc(c2)-c2cc(-c3ccccc3)ccc21. The third-order valence-corrected chi connectivity index (χ3v) is 8.35. The molecule has 0 saturated heterocycles. The van der Waals surface area contributed by atoms with Crippen molar-refractivity contribution < 1.29 is 0 Å². The topological polar surface area (TPSA) is 6.48 Å². The zero-order valence-corrected chi connectivity index (χ0v) is 24.2. The lowest BCUT2D eigenvalue weighted by Gasteiger charge is -2.27. The van der Waals surface area contributed by atoms with Crippen LogP contribution in [0, 0.1) is 0 Å². The maximum absolute atomic E-state index is 2.38. The van der Waals surface area contributed by atoms with E-state index in [1.54, 1.807) is 0 Å². The molecule has 204 valence electrons. The summed E-state index contributed by atoms with van der Waals surface area (Å²) in [6.07, 6.45) is 0. The monoisotopic (exact) mass is 542 g/mol. The van der Waals surface area contributed by atoms with Gasteiger partial charge >= 0.3 is 0 Å². The van der Waals surface area contributed by atoms with Crippen molar-refractivity contribution in [3.8, 4) is 44.5 Å². The van der Waals surface area contributed by atoms with Gasteiger partial charge < -0.3 is 9.80 Å². The number of nitrogens with zero attached hydrogens (tertiary/aromatic N) is 2. The van der Waals surface area contributed by atoms with Gasteiger partial charge in [0.1, 0.15) is 0 Å². The van der Waals surface area contributed by atoms with Crippen molar-refractivity contribution in [3.63, 3.8) is 0 Å². The lowest BCUT2D eigenvalue weighted by Crippen LogP contribution is -2.19. The Hall–Kier alpha value is -5.08. The third-order valence-electron chi connectivity index (χ3n) is 8.35. The summed E-state index contributed by atoms with van der Waals surface area (Å²) < 4.78 is 0. The second kappa shape index (κ2) is 11.1. The van der Waals surface area contributed by atoms with E-state index in [-0.39, 0.29) is 0 Å². The summed E-state index contributed by atoms with van der Waals surface area (Å²) in [4.78, 5) is 4.77. The van der Waals surface area contributed by atoms with Crippen LogP contribution < -0.4 is 9.80 Å². The summed E-state index contributed by atoms with van der Waals surface area (Å²) in [5, 5.41) is 0. The molecular formula is C40H34N2. The molecule has 4 bridgehead atoms. The molecule has 1 aliphatic heterocycles. The van der Waals surface area contributed by atoms with Crippen LogP contribution in [0.1, 0.15) is 11.1 Å². The number of benzene rings is 6. The molecule has 0 unspecified atom stereocenters. The van der Waals surface area contributed by atoms with Crippen molar-refractivity contribution in [2.45, 2.75) is 13.1 Å². The first-order valence-corrected chi connectivity index (χ1v) is 14.6. The number of anilines is 2.